The maximum absolute atomic E-state index is 12.7. The van der Waals surface area contributed by atoms with E-state index in [2.05, 4.69) is 10.8 Å². The predicted molar refractivity (Wildman–Crippen MR) is 94.3 cm³/mol. The van der Waals surface area contributed by atoms with Crippen molar-refractivity contribution in [1.82, 2.24) is 14.2 Å². The molecule has 1 N–H and O–H groups in total. The van der Waals surface area contributed by atoms with Crippen molar-refractivity contribution in [3.8, 4) is 0 Å². The van der Waals surface area contributed by atoms with Crippen molar-refractivity contribution in [2.75, 3.05) is 19.3 Å². The number of rotatable bonds is 4. The Morgan fingerprint density at radius 3 is 2.83 bits per heavy atom. The smallest absolute Gasteiger partial charge is 0.242 e. The molecule has 2 heterocycles. The van der Waals surface area contributed by atoms with E-state index in [0.717, 1.165) is 35.7 Å². The number of sulfonamides is 1. The van der Waals surface area contributed by atoms with Crippen LogP contribution in [0, 0.1) is 6.92 Å². The highest BCUT2D eigenvalue weighted by Crippen LogP contribution is 2.20. The molecule has 6 nitrogen and oxygen atoms in total. The van der Waals surface area contributed by atoms with Crippen molar-refractivity contribution in [1.29, 1.82) is 0 Å². The Morgan fingerprint density at radius 2 is 2.08 bits per heavy atom. The van der Waals surface area contributed by atoms with E-state index in [1.807, 2.05) is 35.8 Å². The summed E-state index contributed by atoms with van der Waals surface area (Å²) < 4.78 is 27.4. The molecule has 1 aromatic carbocycles. The van der Waals surface area contributed by atoms with Crippen molar-refractivity contribution in [3.63, 3.8) is 0 Å². The zero-order chi connectivity index (χ0) is 17.3. The van der Waals surface area contributed by atoms with Crippen molar-refractivity contribution < 1.29 is 13.2 Å². The maximum Gasteiger partial charge on any atom is 0.242 e. The largest absolute Gasteiger partial charge is 0.340 e. The number of hydrogen-bond acceptors (Lipinski definition) is 3. The number of fused-ring (bicyclic) bond motifs is 1. The average molecular weight is 349 g/mol. The highest BCUT2D eigenvalue weighted by Gasteiger charge is 2.26. The minimum absolute atomic E-state index is 0.0273. The van der Waals surface area contributed by atoms with Crippen LogP contribution in [0.2, 0.25) is 0 Å². The number of aromatic nitrogens is 1. The number of benzene rings is 1. The number of likely N-dealkylation sites (tertiary alicyclic amines) is 1. The van der Waals surface area contributed by atoms with Crippen molar-refractivity contribution in [2.45, 2.75) is 32.4 Å². The fourth-order valence-corrected chi connectivity index (χ4v) is 4.19. The summed E-state index contributed by atoms with van der Waals surface area (Å²) in [6, 6.07) is 9.89. The van der Waals surface area contributed by atoms with Crippen LogP contribution in [0.5, 0.6) is 0 Å². The minimum Gasteiger partial charge on any atom is -0.340 e. The Morgan fingerprint density at radius 1 is 1.33 bits per heavy atom. The summed E-state index contributed by atoms with van der Waals surface area (Å²) in [7, 11) is -3.25. The first-order valence-corrected chi connectivity index (χ1v) is 10.0. The Bertz CT molecular complexity index is 857. The van der Waals surface area contributed by atoms with Crippen LogP contribution in [-0.4, -0.2) is 49.2 Å². The lowest BCUT2D eigenvalue weighted by atomic mass is 10.1. The first-order valence-electron chi connectivity index (χ1n) is 8.13. The van der Waals surface area contributed by atoms with Gasteiger partial charge in [0.05, 0.1) is 6.26 Å². The lowest BCUT2D eigenvalue weighted by Crippen LogP contribution is -2.50. The highest BCUT2D eigenvalue weighted by molar-refractivity contribution is 7.88. The Labute approximate surface area is 142 Å². The summed E-state index contributed by atoms with van der Waals surface area (Å²) in [6.45, 7) is 3.39. The third-order valence-electron chi connectivity index (χ3n) is 4.47. The number of carbonyl (C=O) groups excluding carboxylic acids is 1. The molecule has 1 amide bonds. The van der Waals surface area contributed by atoms with E-state index in [1.54, 1.807) is 4.90 Å². The fraction of sp³-hybridized carbons (Fsp3) is 0.471. The predicted octanol–water partition coefficient (Wildman–Crippen LogP) is 1.49. The minimum atomic E-state index is -3.25. The zero-order valence-corrected chi connectivity index (χ0v) is 14.8. The van der Waals surface area contributed by atoms with Gasteiger partial charge in [-0.1, -0.05) is 18.2 Å². The van der Waals surface area contributed by atoms with E-state index in [9.17, 15) is 13.2 Å². The van der Waals surface area contributed by atoms with Gasteiger partial charge >= 0.3 is 0 Å². The number of amides is 1. The van der Waals surface area contributed by atoms with Crippen molar-refractivity contribution in [3.05, 3.63) is 36.0 Å². The second kappa shape index (κ2) is 6.57. The van der Waals surface area contributed by atoms with Crippen LogP contribution in [-0.2, 0) is 21.4 Å². The van der Waals surface area contributed by atoms with Crippen LogP contribution in [0.3, 0.4) is 0 Å². The first kappa shape index (κ1) is 17.0. The van der Waals surface area contributed by atoms with Gasteiger partial charge in [-0.05, 0) is 37.3 Å². The van der Waals surface area contributed by atoms with Crippen LogP contribution >= 0.6 is 0 Å². The summed E-state index contributed by atoms with van der Waals surface area (Å²) in [5.41, 5.74) is 2.10. The lowest BCUT2D eigenvalue weighted by Gasteiger charge is -2.33. The maximum atomic E-state index is 12.7. The SMILES string of the molecule is Cc1cc2ccccc2n1CC(=O)N1CCC[C@@H](NS(C)(=O)=O)C1. The molecule has 1 aliphatic rings. The molecule has 0 bridgehead atoms. The molecule has 0 spiro atoms. The van der Waals surface area contributed by atoms with Crippen LogP contribution in [0.15, 0.2) is 30.3 Å². The number of carbonyl (C=O) groups is 1. The molecule has 0 aliphatic carbocycles. The molecule has 1 aromatic heterocycles. The van der Waals surface area contributed by atoms with Gasteiger partial charge < -0.3 is 9.47 Å². The number of nitrogens with one attached hydrogen (secondary N) is 1. The molecule has 1 saturated heterocycles. The number of para-hydroxylation sites is 1. The second-order valence-electron chi connectivity index (χ2n) is 6.50. The monoisotopic (exact) mass is 349 g/mol. The van der Waals surface area contributed by atoms with E-state index in [1.165, 1.54) is 0 Å². The molecular formula is C17H23N3O3S. The van der Waals surface area contributed by atoms with E-state index >= 15 is 0 Å². The third kappa shape index (κ3) is 3.79. The summed E-state index contributed by atoms with van der Waals surface area (Å²) in [4.78, 5) is 14.5. The van der Waals surface area contributed by atoms with Gasteiger partial charge in [0.25, 0.3) is 0 Å². The van der Waals surface area contributed by atoms with Crippen LogP contribution < -0.4 is 4.72 Å². The van der Waals surface area contributed by atoms with Gasteiger partial charge in [0.1, 0.15) is 6.54 Å². The molecule has 24 heavy (non-hydrogen) atoms. The van der Waals surface area contributed by atoms with Crippen LogP contribution in [0.4, 0.5) is 0 Å². The normalized spacial score (nSPS) is 18.9. The summed E-state index contributed by atoms with van der Waals surface area (Å²) in [6.07, 6.45) is 2.73. The molecule has 130 valence electrons. The summed E-state index contributed by atoms with van der Waals surface area (Å²) in [5.74, 6) is 0.0273. The molecule has 7 heteroatoms. The summed E-state index contributed by atoms with van der Waals surface area (Å²) >= 11 is 0. The van der Waals surface area contributed by atoms with Gasteiger partial charge in [-0.3, -0.25) is 4.79 Å². The summed E-state index contributed by atoms with van der Waals surface area (Å²) in [5, 5.41) is 1.12. The molecular weight excluding hydrogens is 326 g/mol. The fourth-order valence-electron chi connectivity index (χ4n) is 3.40. The number of nitrogens with zero attached hydrogens (tertiary/aromatic N) is 2. The van der Waals surface area contributed by atoms with Crippen molar-refractivity contribution >= 4 is 26.8 Å². The highest BCUT2D eigenvalue weighted by atomic mass is 32.2. The molecule has 2 aromatic rings. The van der Waals surface area contributed by atoms with Gasteiger partial charge in [-0.15, -0.1) is 0 Å². The molecule has 1 aliphatic heterocycles. The van der Waals surface area contributed by atoms with Gasteiger partial charge in [0.15, 0.2) is 0 Å². The Kier molecular flexibility index (Phi) is 4.64. The van der Waals surface area contributed by atoms with E-state index < -0.39 is 10.0 Å². The molecule has 1 fully saturated rings. The molecule has 1 atom stereocenters. The van der Waals surface area contributed by atoms with Gasteiger partial charge in [0.2, 0.25) is 15.9 Å². The van der Waals surface area contributed by atoms with Gasteiger partial charge in [0, 0.05) is 30.3 Å². The quantitative estimate of drug-likeness (QED) is 0.909. The first-order chi connectivity index (χ1) is 11.3. The number of piperidine rings is 1. The average Bonchev–Trinajstić information content (AvgIpc) is 2.82. The standard InChI is InChI=1S/C17H23N3O3S/c1-13-10-14-6-3-4-8-16(14)20(13)12-17(21)19-9-5-7-15(11-19)18-24(2,22)23/h3-4,6,8,10,15,18H,5,7,9,11-12H2,1-2H3/t15-/m1/s1. The van der Waals surface area contributed by atoms with Gasteiger partial charge in [-0.2, -0.15) is 0 Å². The third-order valence-corrected chi connectivity index (χ3v) is 5.23. The van der Waals surface area contributed by atoms with Crippen LogP contribution in [0.1, 0.15) is 18.5 Å². The Hall–Kier alpha value is -1.86. The Balaban J connectivity index is 1.73. The molecule has 0 radical (unpaired) electrons. The molecule has 0 unspecified atom stereocenters. The van der Waals surface area contributed by atoms with E-state index in [0.29, 0.717) is 13.1 Å². The topological polar surface area (TPSA) is 71.4 Å². The number of hydrogen-bond donors (Lipinski definition) is 1. The number of aryl methyl sites for hydroxylation is 1. The molecule has 0 saturated carbocycles. The van der Waals surface area contributed by atoms with E-state index in [4.69, 9.17) is 0 Å². The van der Waals surface area contributed by atoms with Gasteiger partial charge in [-0.25, -0.2) is 13.1 Å². The lowest BCUT2D eigenvalue weighted by molar-refractivity contribution is -0.133. The zero-order valence-electron chi connectivity index (χ0n) is 14.0. The van der Waals surface area contributed by atoms with E-state index in [-0.39, 0.29) is 18.5 Å². The van der Waals surface area contributed by atoms with Crippen LogP contribution in [0.25, 0.3) is 10.9 Å². The molecule has 3 rings (SSSR count). The van der Waals surface area contributed by atoms with Crippen molar-refractivity contribution in [2.24, 2.45) is 0 Å². The second-order valence-corrected chi connectivity index (χ2v) is 8.28.